The topological polar surface area (TPSA) is 20.2 Å². The lowest BCUT2D eigenvalue weighted by atomic mass is 9.66. The van der Waals surface area contributed by atoms with Crippen molar-refractivity contribution < 1.29 is 5.11 Å². The standard InChI is InChI=1S/C66H50O/c1-65(2)59-29-17-15-27-54(59)55-38-37-50(43-61(55)65)58(42-49-36-35-48(44-19-7-3-8-20-44)41-57(49)45-21-9-4-10-22-45)47-33-31-46(32-34-47)53-39-40-62(67)63-56-28-16-18-30-60(56)66(64(53)63,51-23-11-5-12-24-51)52-25-13-6-14-26-52/h3-41,43,58,67H,42H2,1-2H3. The first kappa shape index (κ1) is 40.5. The second-order valence-corrected chi connectivity index (χ2v) is 18.9. The number of hydrogen-bond donors (Lipinski definition) is 1. The summed E-state index contributed by atoms with van der Waals surface area (Å²) in [4.78, 5) is 0. The zero-order chi connectivity index (χ0) is 45.1. The van der Waals surface area contributed by atoms with Crippen LogP contribution in [-0.2, 0) is 17.3 Å². The first-order chi connectivity index (χ1) is 32.9. The summed E-state index contributed by atoms with van der Waals surface area (Å²) in [6.45, 7) is 4.75. The molecule has 2 aliphatic carbocycles. The normalized spacial score (nSPS) is 14.1. The summed E-state index contributed by atoms with van der Waals surface area (Å²) < 4.78 is 0. The minimum absolute atomic E-state index is 0.0615. The van der Waals surface area contributed by atoms with Crippen molar-refractivity contribution in [3.8, 4) is 61.4 Å². The number of rotatable bonds is 9. The fourth-order valence-corrected chi connectivity index (χ4v) is 11.7. The van der Waals surface area contributed by atoms with Crippen LogP contribution >= 0.6 is 0 Å². The molecule has 67 heavy (non-hydrogen) atoms. The molecule has 1 heteroatoms. The van der Waals surface area contributed by atoms with Crippen LogP contribution in [0.5, 0.6) is 5.75 Å². The van der Waals surface area contributed by atoms with E-state index in [0.29, 0.717) is 5.75 Å². The van der Waals surface area contributed by atoms with Gasteiger partial charge < -0.3 is 5.11 Å². The Bertz CT molecular complexity index is 3400. The number of hydrogen-bond acceptors (Lipinski definition) is 1. The number of benzene rings is 10. The number of aromatic hydroxyl groups is 1. The molecule has 1 N–H and O–H groups in total. The first-order valence-corrected chi connectivity index (χ1v) is 23.6. The summed E-state index contributed by atoms with van der Waals surface area (Å²) in [5.74, 6) is 0.359. The highest BCUT2D eigenvalue weighted by Crippen LogP contribution is 2.61. The average Bonchev–Trinajstić information content (AvgIpc) is 3.83. The minimum atomic E-state index is -0.654. The molecule has 1 nitrogen and oxygen atoms in total. The highest BCUT2D eigenvalue weighted by atomic mass is 16.3. The summed E-state index contributed by atoms with van der Waals surface area (Å²) in [5, 5.41) is 11.9. The van der Waals surface area contributed by atoms with Gasteiger partial charge in [-0.2, -0.15) is 0 Å². The summed E-state index contributed by atoms with van der Waals surface area (Å²) in [5.41, 5.74) is 22.3. The number of phenols is 1. The van der Waals surface area contributed by atoms with Crippen LogP contribution in [0.25, 0.3) is 55.6 Å². The van der Waals surface area contributed by atoms with E-state index < -0.39 is 5.41 Å². The summed E-state index contributed by atoms with van der Waals surface area (Å²) in [7, 11) is 0. The van der Waals surface area contributed by atoms with Crippen LogP contribution in [0, 0.1) is 0 Å². The molecule has 0 aliphatic heterocycles. The fraction of sp³-hybridized carbons (Fsp3) is 0.0909. The van der Waals surface area contributed by atoms with E-state index in [1.54, 1.807) is 0 Å². The molecule has 0 saturated carbocycles. The van der Waals surface area contributed by atoms with Crippen molar-refractivity contribution in [3.63, 3.8) is 0 Å². The Morgan fingerprint density at radius 1 is 0.373 bits per heavy atom. The maximum atomic E-state index is 11.9. The van der Waals surface area contributed by atoms with Gasteiger partial charge in [0.15, 0.2) is 0 Å². The molecule has 12 rings (SSSR count). The van der Waals surface area contributed by atoms with Gasteiger partial charge in [0.1, 0.15) is 5.75 Å². The van der Waals surface area contributed by atoms with Gasteiger partial charge in [-0.1, -0.05) is 244 Å². The van der Waals surface area contributed by atoms with E-state index in [0.717, 1.165) is 34.2 Å². The Kier molecular flexibility index (Phi) is 9.77. The number of phenolic OH excluding ortho intramolecular Hbond substituents is 1. The molecule has 320 valence electrons. The summed E-state index contributed by atoms with van der Waals surface area (Å²) in [6, 6.07) is 88.6. The first-order valence-electron chi connectivity index (χ1n) is 23.6. The van der Waals surface area contributed by atoms with Gasteiger partial charge in [-0.15, -0.1) is 0 Å². The van der Waals surface area contributed by atoms with Gasteiger partial charge in [-0.25, -0.2) is 0 Å². The Morgan fingerprint density at radius 2 is 0.881 bits per heavy atom. The van der Waals surface area contributed by atoms with Gasteiger partial charge in [-0.05, 0) is 119 Å². The van der Waals surface area contributed by atoms with Crippen molar-refractivity contribution in [3.05, 3.63) is 293 Å². The highest BCUT2D eigenvalue weighted by molar-refractivity contribution is 5.95. The highest BCUT2D eigenvalue weighted by Gasteiger charge is 2.48. The van der Waals surface area contributed by atoms with E-state index in [-0.39, 0.29) is 11.3 Å². The predicted molar refractivity (Wildman–Crippen MR) is 278 cm³/mol. The smallest absolute Gasteiger partial charge is 0.123 e. The largest absolute Gasteiger partial charge is 0.507 e. The third-order valence-electron chi connectivity index (χ3n) is 14.9. The van der Waals surface area contributed by atoms with Crippen molar-refractivity contribution in [2.24, 2.45) is 0 Å². The monoisotopic (exact) mass is 858 g/mol. The van der Waals surface area contributed by atoms with Gasteiger partial charge in [0, 0.05) is 16.9 Å². The van der Waals surface area contributed by atoms with Crippen LogP contribution in [0.1, 0.15) is 69.8 Å². The predicted octanol–water partition coefficient (Wildman–Crippen LogP) is 16.4. The molecule has 0 fully saturated rings. The molecule has 10 aromatic rings. The van der Waals surface area contributed by atoms with Crippen LogP contribution < -0.4 is 0 Å². The van der Waals surface area contributed by atoms with Crippen LogP contribution in [0.4, 0.5) is 0 Å². The quantitative estimate of drug-likeness (QED) is 0.153. The third kappa shape index (κ3) is 6.52. The van der Waals surface area contributed by atoms with E-state index in [2.05, 4.69) is 250 Å². The summed E-state index contributed by atoms with van der Waals surface area (Å²) >= 11 is 0. The maximum Gasteiger partial charge on any atom is 0.123 e. The second kappa shape index (κ2) is 16.2. The molecule has 0 bridgehead atoms. The van der Waals surface area contributed by atoms with Crippen LogP contribution in [-0.4, -0.2) is 5.11 Å². The van der Waals surface area contributed by atoms with Gasteiger partial charge in [0.25, 0.3) is 0 Å². The van der Waals surface area contributed by atoms with E-state index in [1.165, 1.54) is 77.9 Å². The molecule has 1 atom stereocenters. The molecule has 1 unspecified atom stereocenters. The van der Waals surface area contributed by atoms with Crippen molar-refractivity contribution in [1.82, 2.24) is 0 Å². The molecule has 2 aliphatic rings. The Balaban J connectivity index is 1.03. The van der Waals surface area contributed by atoms with Gasteiger partial charge in [0.2, 0.25) is 0 Å². The molecule has 0 amide bonds. The summed E-state index contributed by atoms with van der Waals surface area (Å²) in [6.07, 6.45) is 0.819. The lowest BCUT2D eigenvalue weighted by Crippen LogP contribution is -2.29. The van der Waals surface area contributed by atoms with Gasteiger partial charge in [0.05, 0.1) is 5.41 Å². The van der Waals surface area contributed by atoms with Crippen LogP contribution in [0.2, 0.25) is 0 Å². The minimum Gasteiger partial charge on any atom is -0.507 e. The fourth-order valence-electron chi connectivity index (χ4n) is 11.7. The molecular weight excluding hydrogens is 809 g/mol. The van der Waals surface area contributed by atoms with Crippen molar-refractivity contribution >= 4 is 0 Å². The number of fused-ring (bicyclic) bond motifs is 6. The Labute approximate surface area is 394 Å². The average molecular weight is 859 g/mol. The Hall–Kier alpha value is -8.00. The molecule has 10 aromatic carbocycles. The van der Waals surface area contributed by atoms with E-state index in [9.17, 15) is 5.11 Å². The van der Waals surface area contributed by atoms with Crippen LogP contribution in [0.15, 0.2) is 243 Å². The van der Waals surface area contributed by atoms with Gasteiger partial charge in [-0.3, -0.25) is 0 Å². The van der Waals surface area contributed by atoms with Crippen LogP contribution in [0.3, 0.4) is 0 Å². The maximum absolute atomic E-state index is 11.9. The molecule has 0 saturated heterocycles. The van der Waals surface area contributed by atoms with Gasteiger partial charge >= 0.3 is 0 Å². The Morgan fingerprint density at radius 3 is 1.55 bits per heavy atom. The molecule has 0 heterocycles. The lowest BCUT2D eigenvalue weighted by Gasteiger charge is -2.35. The SMILES string of the molecule is CC1(C)c2ccccc2-c2ccc(C(Cc3ccc(-c4ccccc4)cc3-c3ccccc3)c3ccc(-c4ccc(O)c5c4C(c4ccccc4)(c4ccccc4)c4ccccc4-5)cc3)cc21. The lowest BCUT2D eigenvalue weighted by molar-refractivity contribution is 0.477. The van der Waals surface area contributed by atoms with E-state index >= 15 is 0 Å². The molecule has 0 aromatic heterocycles. The molecule has 0 spiro atoms. The zero-order valence-electron chi connectivity index (χ0n) is 37.8. The molecule has 0 radical (unpaired) electrons. The van der Waals surface area contributed by atoms with Crippen molar-refractivity contribution in [1.29, 1.82) is 0 Å². The van der Waals surface area contributed by atoms with E-state index in [1.807, 2.05) is 6.07 Å². The second-order valence-electron chi connectivity index (χ2n) is 18.9. The van der Waals surface area contributed by atoms with Crippen molar-refractivity contribution in [2.45, 2.75) is 37.0 Å². The third-order valence-corrected chi connectivity index (χ3v) is 14.9. The molecular formula is C66H50O. The van der Waals surface area contributed by atoms with Crippen molar-refractivity contribution in [2.75, 3.05) is 0 Å². The van der Waals surface area contributed by atoms with E-state index in [4.69, 9.17) is 0 Å². The zero-order valence-corrected chi connectivity index (χ0v) is 37.8.